The van der Waals surface area contributed by atoms with E-state index < -0.39 is 0 Å². The van der Waals surface area contributed by atoms with Crippen molar-refractivity contribution >= 4 is 11.8 Å². The van der Waals surface area contributed by atoms with Crippen molar-refractivity contribution in [2.24, 2.45) is 11.3 Å². The van der Waals surface area contributed by atoms with Crippen molar-refractivity contribution in [1.29, 1.82) is 0 Å². The van der Waals surface area contributed by atoms with Gasteiger partial charge >= 0.3 is 0 Å². The van der Waals surface area contributed by atoms with E-state index >= 15 is 0 Å². The molecule has 0 bridgehead atoms. The zero-order valence-electron chi connectivity index (χ0n) is 11.5. The van der Waals surface area contributed by atoms with Gasteiger partial charge in [-0.2, -0.15) is 11.8 Å². The van der Waals surface area contributed by atoms with E-state index in [9.17, 15) is 0 Å². The first-order chi connectivity index (χ1) is 7.53. The highest BCUT2D eigenvalue weighted by Gasteiger charge is 2.31. The zero-order valence-corrected chi connectivity index (χ0v) is 12.3. The van der Waals surface area contributed by atoms with E-state index in [4.69, 9.17) is 0 Å². The molecule has 2 atom stereocenters. The third-order valence-corrected chi connectivity index (χ3v) is 4.29. The summed E-state index contributed by atoms with van der Waals surface area (Å²) in [6, 6.07) is 0.771. The van der Waals surface area contributed by atoms with Gasteiger partial charge in [-0.15, -0.1) is 0 Å². The molecule has 16 heavy (non-hydrogen) atoms. The smallest absolute Gasteiger partial charge is 0.00746 e. The van der Waals surface area contributed by atoms with Gasteiger partial charge < -0.3 is 5.32 Å². The molecule has 1 aliphatic carbocycles. The van der Waals surface area contributed by atoms with E-state index in [-0.39, 0.29) is 0 Å². The average molecular weight is 243 g/mol. The number of unbranched alkanes of at least 4 members (excludes halogenated alkanes) is 1. The van der Waals surface area contributed by atoms with E-state index in [2.05, 4.69) is 32.3 Å². The first-order valence-corrected chi connectivity index (χ1v) is 8.15. The fourth-order valence-corrected chi connectivity index (χ4v) is 3.67. The molecule has 1 rings (SSSR count). The van der Waals surface area contributed by atoms with E-state index in [1.165, 1.54) is 44.4 Å². The Kier molecular flexibility index (Phi) is 6.20. The minimum atomic E-state index is 0.550. The molecule has 0 heterocycles. The number of hydrogen-bond donors (Lipinski definition) is 1. The van der Waals surface area contributed by atoms with Crippen LogP contribution in [0.1, 0.15) is 52.9 Å². The number of nitrogens with one attached hydrogen (secondary N) is 1. The minimum Gasteiger partial charge on any atom is -0.314 e. The number of rotatable bonds is 6. The topological polar surface area (TPSA) is 12.0 Å². The van der Waals surface area contributed by atoms with Gasteiger partial charge in [0.25, 0.3) is 0 Å². The Morgan fingerprint density at radius 2 is 2.00 bits per heavy atom. The second kappa shape index (κ2) is 6.90. The summed E-state index contributed by atoms with van der Waals surface area (Å²) in [6.45, 7) is 8.47. The molecule has 0 saturated heterocycles. The summed E-state index contributed by atoms with van der Waals surface area (Å²) in [5.74, 6) is 2.21. The van der Waals surface area contributed by atoms with E-state index in [1.54, 1.807) is 0 Å². The largest absolute Gasteiger partial charge is 0.314 e. The number of thioether (sulfide) groups is 1. The Labute approximate surface area is 106 Å². The van der Waals surface area contributed by atoms with Gasteiger partial charge in [-0.3, -0.25) is 0 Å². The molecule has 1 N–H and O–H groups in total. The van der Waals surface area contributed by atoms with Crippen molar-refractivity contribution in [3.8, 4) is 0 Å². The van der Waals surface area contributed by atoms with Crippen LogP contribution in [-0.4, -0.2) is 24.6 Å². The first kappa shape index (κ1) is 14.4. The summed E-state index contributed by atoms with van der Waals surface area (Å²) in [7, 11) is 0. The van der Waals surface area contributed by atoms with Crippen molar-refractivity contribution in [3.05, 3.63) is 0 Å². The molecule has 0 aromatic rings. The second-order valence-corrected chi connectivity index (χ2v) is 7.25. The van der Waals surface area contributed by atoms with Crippen molar-refractivity contribution in [1.82, 2.24) is 5.32 Å². The minimum absolute atomic E-state index is 0.550. The van der Waals surface area contributed by atoms with Crippen LogP contribution in [0.15, 0.2) is 0 Å². The standard InChI is InChI=1S/C14H29NS/c1-12-9-13(11-14(2,3)10-12)15-7-5-6-8-16-4/h12-13,15H,5-11H2,1-4H3. The SMILES string of the molecule is CSCCCCNC1CC(C)CC(C)(C)C1. The molecule has 0 aromatic heterocycles. The number of hydrogen-bond acceptors (Lipinski definition) is 2. The summed E-state index contributed by atoms with van der Waals surface area (Å²) in [5, 5.41) is 3.76. The molecular weight excluding hydrogens is 214 g/mol. The van der Waals surface area contributed by atoms with Gasteiger partial charge in [-0.1, -0.05) is 20.8 Å². The predicted octanol–water partition coefficient (Wildman–Crippen LogP) is 3.93. The molecule has 2 unspecified atom stereocenters. The van der Waals surface area contributed by atoms with E-state index in [0.717, 1.165) is 12.0 Å². The Morgan fingerprint density at radius 3 is 2.62 bits per heavy atom. The van der Waals surface area contributed by atoms with E-state index in [1.807, 2.05) is 11.8 Å². The molecule has 1 saturated carbocycles. The summed E-state index contributed by atoms with van der Waals surface area (Å²) >= 11 is 1.96. The Hall–Kier alpha value is 0.310. The summed E-state index contributed by atoms with van der Waals surface area (Å²) in [4.78, 5) is 0. The third kappa shape index (κ3) is 5.58. The Morgan fingerprint density at radius 1 is 1.25 bits per heavy atom. The van der Waals surface area contributed by atoms with Crippen LogP contribution < -0.4 is 5.32 Å². The lowest BCUT2D eigenvalue weighted by atomic mass is 9.70. The maximum Gasteiger partial charge on any atom is 0.00746 e. The highest BCUT2D eigenvalue weighted by Crippen LogP contribution is 2.38. The monoisotopic (exact) mass is 243 g/mol. The van der Waals surface area contributed by atoms with Crippen LogP contribution in [0.3, 0.4) is 0 Å². The lowest BCUT2D eigenvalue weighted by Gasteiger charge is -2.39. The van der Waals surface area contributed by atoms with Gasteiger partial charge in [0.05, 0.1) is 0 Å². The van der Waals surface area contributed by atoms with E-state index in [0.29, 0.717) is 5.41 Å². The molecule has 96 valence electrons. The molecule has 0 aromatic carbocycles. The molecule has 0 aliphatic heterocycles. The summed E-state index contributed by atoms with van der Waals surface area (Å²) < 4.78 is 0. The van der Waals surface area contributed by atoms with Crippen molar-refractivity contribution < 1.29 is 0 Å². The van der Waals surface area contributed by atoms with Crippen molar-refractivity contribution in [3.63, 3.8) is 0 Å². The van der Waals surface area contributed by atoms with Gasteiger partial charge in [0.15, 0.2) is 0 Å². The molecule has 1 nitrogen and oxygen atoms in total. The summed E-state index contributed by atoms with van der Waals surface area (Å²) in [5.41, 5.74) is 0.550. The van der Waals surface area contributed by atoms with Crippen LogP contribution in [-0.2, 0) is 0 Å². The molecule has 0 spiro atoms. The lowest BCUT2D eigenvalue weighted by molar-refractivity contribution is 0.151. The normalized spacial score (nSPS) is 29.2. The molecule has 0 amide bonds. The van der Waals surface area contributed by atoms with Crippen LogP contribution >= 0.6 is 11.8 Å². The summed E-state index contributed by atoms with van der Waals surface area (Å²) in [6.07, 6.45) is 9.04. The maximum absolute atomic E-state index is 3.76. The van der Waals surface area contributed by atoms with Gasteiger partial charge in [0, 0.05) is 6.04 Å². The van der Waals surface area contributed by atoms with Gasteiger partial charge in [0.1, 0.15) is 0 Å². The second-order valence-electron chi connectivity index (χ2n) is 6.26. The lowest BCUT2D eigenvalue weighted by Crippen LogP contribution is -2.40. The molecule has 1 aliphatic rings. The first-order valence-electron chi connectivity index (χ1n) is 6.76. The Balaban J connectivity index is 2.16. The highest BCUT2D eigenvalue weighted by atomic mass is 32.2. The van der Waals surface area contributed by atoms with Crippen LogP contribution in [0.25, 0.3) is 0 Å². The highest BCUT2D eigenvalue weighted by molar-refractivity contribution is 7.98. The quantitative estimate of drug-likeness (QED) is 0.709. The maximum atomic E-state index is 3.76. The third-order valence-electron chi connectivity index (χ3n) is 3.60. The Bertz CT molecular complexity index is 191. The fourth-order valence-electron chi connectivity index (χ4n) is 3.18. The molecule has 0 radical (unpaired) electrons. The predicted molar refractivity (Wildman–Crippen MR) is 76.2 cm³/mol. The van der Waals surface area contributed by atoms with Crippen molar-refractivity contribution in [2.75, 3.05) is 18.6 Å². The zero-order chi connectivity index (χ0) is 12.0. The molecule has 1 fully saturated rings. The molecular formula is C14H29NS. The van der Waals surface area contributed by atoms with Gasteiger partial charge in [-0.05, 0) is 62.0 Å². The van der Waals surface area contributed by atoms with Gasteiger partial charge in [0.2, 0.25) is 0 Å². The molecule has 2 heteroatoms. The van der Waals surface area contributed by atoms with Crippen LogP contribution in [0.2, 0.25) is 0 Å². The van der Waals surface area contributed by atoms with Crippen molar-refractivity contribution in [2.45, 2.75) is 58.9 Å². The van der Waals surface area contributed by atoms with Gasteiger partial charge in [-0.25, -0.2) is 0 Å². The van der Waals surface area contributed by atoms with Crippen LogP contribution in [0.4, 0.5) is 0 Å². The fraction of sp³-hybridized carbons (Fsp3) is 1.00. The average Bonchev–Trinajstić information content (AvgIpc) is 2.14. The van der Waals surface area contributed by atoms with Crippen LogP contribution in [0.5, 0.6) is 0 Å². The van der Waals surface area contributed by atoms with Crippen LogP contribution in [0, 0.1) is 11.3 Å².